The number of piperidine rings is 1. The summed E-state index contributed by atoms with van der Waals surface area (Å²) in [6.07, 6.45) is 4.57. The molecular formula is C23H30N8O2. The van der Waals surface area contributed by atoms with E-state index in [-0.39, 0.29) is 29.6 Å². The molecule has 1 atom stereocenters. The maximum absolute atomic E-state index is 12.0. The number of anilines is 5. The van der Waals surface area contributed by atoms with Crippen molar-refractivity contribution in [1.29, 1.82) is 5.41 Å². The number of nitrogen functional groups attached to an aromatic ring is 1. The van der Waals surface area contributed by atoms with Crippen LogP contribution in [-0.2, 0) is 9.59 Å². The predicted octanol–water partition coefficient (Wildman–Crippen LogP) is 2.76. The fraction of sp³-hybridized carbons (Fsp3) is 0.348. The summed E-state index contributed by atoms with van der Waals surface area (Å²) < 4.78 is 0. The summed E-state index contributed by atoms with van der Waals surface area (Å²) in [6, 6.07) is 7.28. The van der Waals surface area contributed by atoms with Crippen molar-refractivity contribution in [2.24, 2.45) is 0 Å². The topological polar surface area (TPSA) is 140 Å². The van der Waals surface area contributed by atoms with Gasteiger partial charge in [-0.25, -0.2) is 0 Å². The molecule has 5 N–H and O–H groups in total. The summed E-state index contributed by atoms with van der Waals surface area (Å²) in [5, 5.41) is 14.2. The quantitative estimate of drug-likeness (QED) is 0.358. The zero-order chi connectivity index (χ0) is 24.0. The minimum Gasteiger partial charge on any atom is -0.383 e. The minimum absolute atomic E-state index is 0.0285. The molecule has 1 aromatic carbocycles. The van der Waals surface area contributed by atoms with Crippen LogP contribution in [0.3, 0.4) is 0 Å². The molecule has 1 aliphatic rings. The van der Waals surface area contributed by atoms with Crippen LogP contribution in [0.1, 0.15) is 31.7 Å². The molecular weight excluding hydrogens is 420 g/mol. The summed E-state index contributed by atoms with van der Waals surface area (Å²) in [5.74, 6) is 0.808. The summed E-state index contributed by atoms with van der Waals surface area (Å²) in [4.78, 5) is 36.0. The van der Waals surface area contributed by atoms with Gasteiger partial charge in [-0.2, -0.15) is 9.97 Å². The number of benzene rings is 1. The first-order valence-electron chi connectivity index (χ1n) is 10.9. The molecule has 1 saturated heterocycles. The van der Waals surface area contributed by atoms with Crippen molar-refractivity contribution in [2.45, 2.75) is 32.2 Å². The molecule has 1 fully saturated rings. The van der Waals surface area contributed by atoms with Crippen LogP contribution in [0.5, 0.6) is 0 Å². The van der Waals surface area contributed by atoms with Crippen LogP contribution >= 0.6 is 0 Å². The van der Waals surface area contributed by atoms with Gasteiger partial charge in [-0.05, 0) is 43.2 Å². The number of nitrogens with two attached hydrogens (primary N) is 1. The van der Waals surface area contributed by atoms with E-state index >= 15 is 0 Å². The smallest absolute Gasteiger partial charge is 0.246 e. The fourth-order valence-corrected chi connectivity index (χ4v) is 3.69. The zero-order valence-corrected chi connectivity index (χ0v) is 19.0. The van der Waals surface area contributed by atoms with Gasteiger partial charge in [-0.1, -0.05) is 13.5 Å². The van der Waals surface area contributed by atoms with E-state index in [0.29, 0.717) is 30.9 Å². The van der Waals surface area contributed by atoms with Gasteiger partial charge in [0.2, 0.25) is 17.8 Å². The Morgan fingerprint density at radius 1 is 1.33 bits per heavy atom. The summed E-state index contributed by atoms with van der Waals surface area (Å²) in [6.45, 7) is 6.58. The Morgan fingerprint density at radius 3 is 2.70 bits per heavy atom. The minimum atomic E-state index is -0.104. The largest absolute Gasteiger partial charge is 0.383 e. The van der Waals surface area contributed by atoms with Crippen molar-refractivity contribution in [3.8, 4) is 0 Å². The average Bonchev–Trinajstić information content (AvgIpc) is 2.83. The van der Waals surface area contributed by atoms with E-state index in [1.165, 1.54) is 6.08 Å². The van der Waals surface area contributed by atoms with Gasteiger partial charge >= 0.3 is 0 Å². The van der Waals surface area contributed by atoms with Gasteiger partial charge in [0.25, 0.3) is 0 Å². The zero-order valence-electron chi connectivity index (χ0n) is 19.0. The summed E-state index contributed by atoms with van der Waals surface area (Å²) in [7, 11) is 1.74. The van der Waals surface area contributed by atoms with Crippen LogP contribution < -0.4 is 21.3 Å². The number of hydrogen-bond acceptors (Lipinski definition) is 8. The Kier molecular flexibility index (Phi) is 7.60. The Labute approximate surface area is 193 Å². The molecule has 10 nitrogen and oxygen atoms in total. The summed E-state index contributed by atoms with van der Waals surface area (Å²) in [5.41, 5.74) is 8.00. The molecule has 0 radical (unpaired) electrons. The van der Waals surface area contributed by atoms with Crippen LogP contribution in [0.2, 0.25) is 0 Å². The molecule has 3 rings (SSSR count). The Bertz CT molecular complexity index is 1040. The van der Waals surface area contributed by atoms with Gasteiger partial charge in [0.1, 0.15) is 11.6 Å². The van der Waals surface area contributed by atoms with E-state index in [1.54, 1.807) is 16.8 Å². The van der Waals surface area contributed by atoms with Gasteiger partial charge in [-0.15, -0.1) is 0 Å². The molecule has 10 heteroatoms. The number of likely N-dealkylation sites (tertiary alicyclic amines) is 1. The number of nitrogens with zero attached hydrogens (tertiary/aromatic N) is 4. The van der Waals surface area contributed by atoms with Gasteiger partial charge in [0.15, 0.2) is 0 Å². The molecule has 0 saturated carbocycles. The lowest BCUT2D eigenvalue weighted by atomic mass is 10.1. The third kappa shape index (κ3) is 5.65. The molecule has 1 aliphatic heterocycles. The molecule has 1 aromatic heterocycles. The second-order valence-electron chi connectivity index (χ2n) is 7.79. The van der Waals surface area contributed by atoms with E-state index in [4.69, 9.17) is 11.1 Å². The second-order valence-corrected chi connectivity index (χ2v) is 7.79. The van der Waals surface area contributed by atoms with Crippen LogP contribution in [-0.4, -0.2) is 59.1 Å². The number of carbonyl (C=O) groups is 2. The predicted molar refractivity (Wildman–Crippen MR) is 131 cm³/mol. The highest BCUT2D eigenvalue weighted by atomic mass is 16.2. The SMILES string of the molecule is C=CC(=O)N1CCCC(Nc2nc(Nc3ccc(N(C)C(=O)CC)cc3)nc(N)c2C=N)C1. The van der Waals surface area contributed by atoms with Crippen LogP contribution in [0.25, 0.3) is 0 Å². The molecule has 0 spiro atoms. The Morgan fingerprint density at radius 2 is 2.06 bits per heavy atom. The van der Waals surface area contributed by atoms with Crippen molar-refractivity contribution in [1.82, 2.24) is 14.9 Å². The lowest BCUT2D eigenvalue weighted by molar-refractivity contribution is -0.127. The van der Waals surface area contributed by atoms with E-state index in [1.807, 2.05) is 31.2 Å². The summed E-state index contributed by atoms with van der Waals surface area (Å²) >= 11 is 0. The van der Waals surface area contributed by atoms with Gasteiger partial charge in [0.05, 0.1) is 5.56 Å². The lowest BCUT2D eigenvalue weighted by Crippen LogP contribution is -2.44. The van der Waals surface area contributed by atoms with E-state index < -0.39 is 0 Å². The van der Waals surface area contributed by atoms with Gasteiger partial charge in [-0.3, -0.25) is 9.59 Å². The third-order valence-corrected chi connectivity index (χ3v) is 5.56. The molecule has 2 aromatic rings. The molecule has 33 heavy (non-hydrogen) atoms. The average molecular weight is 451 g/mol. The van der Waals surface area contributed by atoms with Crippen molar-refractivity contribution in [3.63, 3.8) is 0 Å². The normalized spacial score (nSPS) is 15.5. The number of rotatable bonds is 8. The van der Waals surface area contributed by atoms with Crippen molar-refractivity contribution < 1.29 is 9.59 Å². The highest BCUT2D eigenvalue weighted by molar-refractivity contribution is 5.93. The van der Waals surface area contributed by atoms with E-state index in [2.05, 4.69) is 27.2 Å². The Hall–Kier alpha value is -3.95. The van der Waals surface area contributed by atoms with Crippen molar-refractivity contribution in [2.75, 3.05) is 41.4 Å². The number of amides is 2. The number of aromatic nitrogens is 2. The van der Waals surface area contributed by atoms with Crippen molar-refractivity contribution >= 4 is 47.0 Å². The fourth-order valence-electron chi connectivity index (χ4n) is 3.69. The van der Waals surface area contributed by atoms with Crippen LogP contribution in [0, 0.1) is 5.41 Å². The number of nitrogens with one attached hydrogen (secondary N) is 3. The molecule has 0 aliphatic carbocycles. The van der Waals surface area contributed by atoms with E-state index in [9.17, 15) is 9.59 Å². The molecule has 174 valence electrons. The second kappa shape index (κ2) is 10.6. The third-order valence-electron chi connectivity index (χ3n) is 5.56. The first-order valence-corrected chi connectivity index (χ1v) is 10.9. The maximum atomic E-state index is 12.0. The highest BCUT2D eigenvalue weighted by Gasteiger charge is 2.24. The Balaban J connectivity index is 1.78. The lowest BCUT2D eigenvalue weighted by Gasteiger charge is -2.33. The highest BCUT2D eigenvalue weighted by Crippen LogP contribution is 2.25. The maximum Gasteiger partial charge on any atom is 0.246 e. The molecule has 2 amide bonds. The molecule has 1 unspecified atom stereocenters. The number of hydrogen-bond donors (Lipinski definition) is 4. The first-order chi connectivity index (χ1) is 15.9. The van der Waals surface area contributed by atoms with Gasteiger partial charge < -0.3 is 31.6 Å². The van der Waals surface area contributed by atoms with Crippen molar-refractivity contribution in [3.05, 3.63) is 42.5 Å². The monoisotopic (exact) mass is 450 g/mol. The first kappa shape index (κ1) is 23.7. The number of carbonyl (C=O) groups excluding carboxylic acids is 2. The van der Waals surface area contributed by atoms with Crippen LogP contribution in [0.15, 0.2) is 36.9 Å². The standard InChI is InChI=1S/C23H30N8O2/c1-4-19(32)30(3)17-10-8-15(9-11-17)27-23-28-21(25)18(13-24)22(29-23)26-16-7-6-12-31(14-16)20(33)5-2/h5,8-11,13,16,24H,2,4,6-7,12,14H2,1,3H3,(H4,25,26,27,28,29). The van der Waals surface area contributed by atoms with E-state index in [0.717, 1.165) is 30.4 Å². The molecule has 0 bridgehead atoms. The molecule has 2 heterocycles. The van der Waals surface area contributed by atoms with Crippen LogP contribution in [0.4, 0.5) is 29.0 Å². The van der Waals surface area contributed by atoms with Gasteiger partial charge in [0, 0.05) is 50.2 Å².